The van der Waals surface area contributed by atoms with Crippen LogP contribution in [0.5, 0.6) is 0 Å². The molecule has 1 aromatic rings. The number of methoxy groups -OCH3 is 1. The van der Waals surface area contributed by atoms with Gasteiger partial charge in [-0.1, -0.05) is 20.8 Å². The van der Waals surface area contributed by atoms with E-state index >= 15 is 0 Å². The van der Waals surface area contributed by atoms with Crippen molar-refractivity contribution in [1.82, 2.24) is 0 Å². The Bertz CT molecular complexity index is 1200. The number of ether oxygens (including phenoxy) is 3. The minimum absolute atomic E-state index is 0.0371. The van der Waals surface area contributed by atoms with Crippen LogP contribution in [0.15, 0.2) is 23.0 Å². The Labute approximate surface area is 227 Å². The first-order valence-electron chi connectivity index (χ1n) is 13.7. The van der Waals surface area contributed by atoms with E-state index in [4.69, 9.17) is 18.6 Å². The first-order chi connectivity index (χ1) is 18.3. The normalized spacial score (nSPS) is 52.6. The zero-order chi connectivity index (χ0) is 28.3. The molecule has 39 heavy (non-hydrogen) atoms. The van der Waals surface area contributed by atoms with Gasteiger partial charge in [0, 0.05) is 60.9 Å². The molecule has 2 heterocycles. The lowest BCUT2D eigenvalue weighted by molar-refractivity contribution is -0.375. The van der Waals surface area contributed by atoms with Crippen LogP contribution in [0.3, 0.4) is 0 Å². The Balaban J connectivity index is 1.53. The highest BCUT2D eigenvalue weighted by atomic mass is 16.7. The van der Waals surface area contributed by atoms with Gasteiger partial charge in [-0.15, -0.1) is 0 Å². The molecular weight excluding hydrogens is 508 g/mol. The van der Waals surface area contributed by atoms with Gasteiger partial charge in [0.1, 0.15) is 18.0 Å². The highest BCUT2D eigenvalue weighted by Crippen LogP contribution is 2.75. The van der Waals surface area contributed by atoms with Crippen molar-refractivity contribution >= 4 is 17.5 Å². The van der Waals surface area contributed by atoms with E-state index in [9.17, 15) is 29.7 Å². The summed E-state index contributed by atoms with van der Waals surface area (Å²) < 4.78 is 22.9. The Hall–Kier alpha value is -2.11. The number of rotatable bonds is 3. The van der Waals surface area contributed by atoms with Gasteiger partial charge < -0.3 is 33.9 Å². The lowest BCUT2D eigenvalue weighted by atomic mass is 9.33. The number of Topliss-reactive ketones (excluding diaryl/α,β-unsaturated/α-hetero) is 2. The molecule has 1 aliphatic heterocycles. The summed E-state index contributed by atoms with van der Waals surface area (Å²) in [6.07, 6.45) is -2.09. The zero-order valence-corrected chi connectivity index (χ0v) is 23.0. The third-order valence-electron chi connectivity index (χ3n) is 11.8. The summed E-state index contributed by atoms with van der Waals surface area (Å²) in [6, 6.07) is 1.74. The Morgan fingerprint density at radius 2 is 1.74 bits per heavy atom. The number of aliphatic hydroxyl groups is 3. The number of hydrogen-bond acceptors (Lipinski definition) is 10. The van der Waals surface area contributed by atoms with Gasteiger partial charge in [0.2, 0.25) is 0 Å². The average molecular weight is 547 g/mol. The number of furan rings is 1. The van der Waals surface area contributed by atoms with Crippen LogP contribution in [-0.2, 0) is 28.6 Å². The minimum Gasteiger partial charge on any atom is -0.472 e. The lowest BCUT2D eigenvalue weighted by Gasteiger charge is -2.73. The molecule has 5 fully saturated rings. The van der Waals surface area contributed by atoms with E-state index in [2.05, 4.69) is 0 Å². The van der Waals surface area contributed by atoms with Crippen LogP contribution in [0, 0.1) is 39.4 Å². The maximum Gasteiger partial charge on any atom is 0.302 e. The molecule has 0 spiro atoms. The quantitative estimate of drug-likeness (QED) is 0.477. The molecule has 10 nitrogen and oxygen atoms in total. The van der Waals surface area contributed by atoms with Crippen molar-refractivity contribution in [1.29, 1.82) is 0 Å². The monoisotopic (exact) mass is 546 g/mol. The van der Waals surface area contributed by atoms with Gasteiger partial charge in [-0.05, 0) is 24.0 Å². The van der Waals surface area contributed by atoms with Gasteiger partial charge in [-0.3, -0.25) is 14.4 Å². The summed E-state index contributed by atoms with van der Waals surface area (Å²) in [5, 5.41) is 35.7. The van der Waals surface area contributed by atoms with E-state index in [0.717, 1.165) is 5.56 Å². The third-order valence-corrected chi connectivity index (χ3v) is 11.8. The fraction of sp³-hybridized carbons (Fsp3) is 0.759. The van der Waals surface area contributed by atoms with Crippen molar-refractivity contribution < 1.29 is 48.3 Å². The van der Waals surface area contributed by atoms with Gasteiger partial charge in [-0.2, -0.15) is 0 Å². The molecular formula is C29H38O10. The molecule has 1 aromatic heterocycles. The highest BCUT2D eigenvalue weighted by Gasteiger charge is 2.81. The maximum atomic E-state index is 14.5. The third kappa shape index (κ3) is 3.02. The summed E-state index contributed by atoms with van der Waals surface area (Å²) in [7, 11) is 1.48. The highest BCUT2D eigenvalue weighted by molar-refractivity contribution is 5.96. The molecule has 2 bridgehead atoms. The molecule has 0 amide bonds. The molecule has 214 valence electrons. The molecule has 13 atom stereocenters. The van der Waals surface area contributed by atoms with E-state index in [-0.39, 0.29) is 31.7 Å². The summed E-state index contributed by atoms with van der Waals surface area (Å²) in [4.78, 5) is 40.5. The molecule has 6 rings (SSSR count). The fourth-order valence-electron chi connectivity index (χ4n) is 10.3. The Kier molecular flexibility index (Phi) is 5.87. The van der Waals surface area contributed by atoms with Crippen LogP contribution in [0.1, 0.15) is 58.4 Å². The van der Waals surface area contributed by atoms with Crippen molar-refractivity contribution in [2.75, 3.05) is 13.7 Å². The van der Waals surface area contributed by atoms with E-state index in [0.29, 0.717) is 0 Å². The predicted molar refractivity (Wildman–Crippen MR) is 133 cm³/mol. The Morgan fingerprint density at radius 1 is 1.03 bits per heavy atom. The van der Waals surface area contributed by atoms with Crippen LogP contribution in [0.4, 0.5) is 0 Å². The predicted octanol–water partition coefficient (Wildman–Crippen LogP) is 1.60. The van der Waals surface area contributed by atoms with Gasteiger partial charge in [0.15, 0.2) is 12.1 Å². The SMILES string of the molecule is COC1OCC23C(O)CC(OC(C)=O)C1(C)C2CC(O)C1(C)C2C(=O)CC(c4ccoc4)C2(C)C(O)C(=O)C13. The van der Waals surface area contributed by atoms with Gasteiger partial charge in [-0.25, -0.2) is 0 Å². The lowest BCUT2D eigenvalue weighted by Crippen LogP contribution is -2.80. The van der Waals surface area contributed by atoms with Crippen molar-refractivity contribution in [2.45, 2.75) is 83.6 Å². The van der Waals surface area contributed by atoms with E-state index in [1.807, 2.05) is 6.92 Å². The number of hydrogen-bond donors (Lipinski definition) is 3. The molecule has 0 radical (unpaired) electrons. The number of aliphatic hydroxyl groups excluding tert-OH is 3. The summed E-state index contributed by atoms with van der Waals surface area (Å²) in [6.45, 7) is 6.60. The molecule has 0 aromatic carbocycles. The number of esters is 1. The molecule has 5 aliphatic rings. The first-order valence-corrected chi connectivity index (χ1v) is 13.7. The van der Waals surface area contributed by atoms with Crippen molar-refractivity contribution in [2.24, 2.45) is 39.4 Å². The molecule has 13 unspecified atom stereocenters. The standard InChI is InChI=1S/C29H38O10/c1-13(30)39-20-10-19(33)29-12-38-25(36-5)27(20,3)17(29)9-18(32)28(4)22-16(31)8-15(14-6-7-37-11-14)26(22,2)24(35)21(34)23(28)29/h6-7,11,15,17-20,22-25,32-33,35H,8-10,12H2,1-5H3. The van der Waals surface area contributed by atoms with Crippen molar-refractivity contribution in [3.8, 4) is 0 Å². The van der Waals surface area contributed by atoms with Crippen LogP contribution in [0.2, 0.25) is 0 Å². The minimum atomic E-state index is -1.52. The number of ketones is 2. The van der Waals surface area contributed by atoms with Crippen LogP contribution in [-0.4, -0.2) is 77.3 Å². The van der Waals surface area contributed by atoms with Crippen molar-refractivity contribution in [3.63, 3.8) is 0 Å². The van der Waals surface area contributed by atoms with Crippen molar-refractivity contribution in [3.05, 3.63) is 24.2 Å². The fourth-order valence-corrected chi connectivity index (χ4v) is 10.3. The maximum absolute atomic E-state index is 14.5. The first kappa shape index (κ1) is 27.1. The van der Waals surface area contributed by atoms with E-state index in [1.54, 1.807) is 19.9 Å². The van der Waals surface area contributed by atoms with Gasteiger partial charge >= 0.3 is 5.97 Å². The number of fused-ring (bicyclic) bond motifs is 3. The largest absolute Gasteiger partial charge is 0.472 e. The van der Waals surface area contributed by atoms with Gasteiger partial charge in [0.05, 0.1) is 36.8 Å². The average Bonchev–Trinajstić information content (AvgIpc) is 3.49. The number of carbonyl (C=O) groups is 3. The second-order valence-corrected chi connectivity index (χ2v) is 13.2. The summed E-state index contributed by atoms with van der Waals surface area (Å²) in [5.41, 5.74) is -3.98. The van der Waals surface area contributed by atoms with Crippen LogP contribution >= 0.6 is 0 Å². The molecule has 1 saturated heterocycles. The summed E-state index contributed by atoms with van der Waals surface area (Å²) in [5.74, 6) is -4.12. The zero-order valence-electron chi connectivity index (χ0n) is 23.0. The Morgan fingerprint density at radius 3 is 2.36 bits per heavy atom. The molecule has 10 heteroatoms. The van der Waals surface area contributed by atoms with Gasteiger partial charge in [0.25, 0.3) is 0 Å². The van der Waals surface area contributed by atoms with E-state index < -0.39 is 87.8 Å². The molecule has 3 N–H and O–H groups in total. The molecule has 4 aliphatic carbocycles. The summed E-state index contributed by atoms with van der Waals surface area (Å²) >= 11 is 0. The van der Waals surface area contributed by atoms with Crippen LogP contribution in [0.25, 0.3) is 0 Å². The topological polar surface area (TPSA) is 153 Å². The second-order valence-electron chi connectivity index (χ2n) is 13.2. The van der Waals surface area contributed by atoms with Crippen LogP contribution < -0.4 is 0 Å². The molecule has 4 saturated carbocycles. The number of carbonyl (C=O) groups excluding carboxylic acids is 3. The smallest absolute Gasteiger partial charge is 0.302 e. The second kappa shape index (κ2) is 8.45. The van der Waals surface area contributed by atoms with E-state index in [1.165, 1.54) is 26.6 Å².